The average molecular weight is 469 g/mol. The van der Waals surface area contributed by atoms with Gasteiger partial charge >= 0.3 is 5.97 Å². The van der Waals surface area contributed by atoms with Crippen molar-refractivity contribution in [1.82, 2.24) is 20.5 Å². The van der Waals surface area contributed by atoms with Crippen LogP contribution in [0.4, 0.5) is 5.69 Å². The SMILES string of the molecule is COC(=O)c1ccc(C(=O)NC2(C(=O)N(C)CCc3ccc([N+](=O)[O-])cc3)CCNCC2)nc1. The topological polar surface area (TPSA) is 144 Å². The van der Waals surface area contributed by atoms with Crippen molar-refractivity contribution in [3.63, 3.8) is 0 Å². The van der Waals surface area contributed by atoms with Crippen LogP contribution >= 0.6 is 0 Å². The van der Waals surface area contributed by atoms with Gasteiger partial charge in [0.1, 0.15) is 11.2 Å². The molecule has 0 unspecified atom stereocenters. The third kappa shape index (κ3) is 5.73. The van der Waals surface area contributed by atoms with Gasteiger partial charge in [0.15, 0.2) is 0 Å². The van der Waals surface area contributed by atoms with E-state index in [2.05, 4.69) is 20.4 Å². The van der Waals surface area contributed by atoms with Crippen molar-refractivity contribution in [2.45, 2.75) is 24.8 Å². The molecular formula is C23H27N5O6. The second-order valence-electron chi connectivity index (χ2n) is 8.11. The number of likely N-dealkylation sites (N-methyl/N-ethyl adjacent to an activating group) is 1. The lowest BCUT2D eigenvalue weighted by Crippen LogP contribution is -2.63. The fourth-order valence-electron chi connectivity index (χ4n) is 3.84. The number of nitrogens with one attached hydrogen (secondary N) is 2. The minimum Gasteiger partial charge on any atom is -0.465 e. The number of nitrogens with zero attached hydrogens (tertiary/aromatic N) is 3. The van der Waals surface area contributed by atoms with Crippen LogP contribution in [-0.2, 0) is 16.0 Å². The first-order chi connectivity index (χ1) is 16.3. The quantitative estimate of drug-likeness (QED) is 0.335. The molecule has 11 nitrogen and oxygen atoms in total. The number of benzene rings is 1. The van der Waals surface area contributed by atoms with E-state index in [1.165, 1.54) is 37.6 Å². The van der Waals surface area contributed by atoms with Crippen LogP contribution in [0, 0.1) is 10.1 Å². The highest BCUT2D eigenvalue weighted by Crippen LogP contribution is 2.22. The van der Waals surface area contributed by atoms with Crippen molar-refractivity contribution in [3.8, 4) is 0 Å². The van der Waals surface area contributed by atoms with E-state index >= 15 is 0 Å². The largest absolute Gasteiger partial charge is 0.465 e. The van der Waals surface area contributed by atoms with E-state index in [0.29, 0.717) is 38.9 Å². The van der Waals surface area contributed by atoms with Crippen molar-refractivity contribution in [2.24, 2.45) is 0 Å². The predicted molar refractivity (Wildman–Crippen MR) is 122 cm³/mol. The van der Waals surface area contributed by atoms with E-state index in [-0.39, 0.29) is 22.9 Å². The molecule has 0 radical (unpaired) electrons. The van der Waals surface area contributed by atoms with Crippen LogP contribution < -0.4 is 10.6 Å². The Morgan fingerprint density at radius 1 is 1.18 bits per heavy atom. The maximum Gasteiger partial charge on any atom is 0.339 e. The Morgan fingerprint density at radius 2 is 1.85 bits per heavy atom. The van der Waals surface area contributed by atoms with Crippen molar-refractivity contribution >= 4 is 23.5 Å². The fraction of sp³-hybridized carbons (Fsp3) is 0.391. The third-order valence-electron chi connectivity index (χ3n) is 5.87. The fourth-order valence-corrected chi connectivity index (χ4v) is 3.84. The number of carbonyl (C=O) groups is 3. The summed E-state index contributed by atoms with van der Waals surface area (Å²) < 4.78 is 4.64. The number of methoxy groups -OCH3 is 1. The number of carbonyl (C=O) groups excluding carboxylic acids is 3. The van der Waals surface area contributed by atoms with Gasteiger partial charge in [0.2, 0.25) is 5.91 Å². The molecule has 11 heteroatoms. The van der Waals surface area contributed by atoms with Gasteiger partial charge in [-0.3, -0.25) is 24.7 Å². The van der Waals surface area contributed by atoms with Crippen LogP contribution in [0.1, 0.15) is 39.3 Å². The van der Waals surface area contributed by atoms with Crippen molar-refractivity contribution in [1.29, 1.82) is 0 Å². The lowest BCUT2D eigenvalue weighted by Gasteiger charge is -2.39. The molecule has 180 valence electrons. The van der Waals surface area contributed by atoms with Gasteiger partial charge in [-0.2, -0.15) is 0 Å². The standard InChI is InChI=1S/C23H27N5O6/c1-27(14-9-16-3-6-18(7-4-16)28(32)33)22(31)23(10-12-24-13-11-23)26-20(29)19-8-5-17(15-25-19)21(30)34-2/h3-8,15,24H,9-14H2,1-2H3,(H,26,29). The summed E-state index contributed by atoms with van der Waals surface area (Å²) in [5.74, 6) is -1.27. The molecular weight excluding hydrogens is 442 g/mol. The number of piperidine rings is 1. The van der Waals surface area contributed by atoms with Gasteiger partial charge in [-0.1, -0.05) is 12.1 Å². The molecule has 3 rings (SSSR count). The average Bonchev–Trinajstić information content (AvgIpc) is 2.87. The first-order valence-electron chi connectivity index (χ1n) is 10.8. The second-order valence-corrected chi connectivity index (χ2v) is 8.11. The Bertz CT molecular complexity index is 1050. The van der Waals surface area contributed by atoms with E-state index in [4.69, 9.17) is 0 Å². The molecule has 1 saturated heterocycles. The van der Waals surface area contributed by atoms with Gasteiger partial charge in [0.05, 0.1) is 17.6 Å². The van der Waals surface area contributed by atoms with Crippen molar-refractivity contribution in [3.05, 3.63) is 69.5 Å². The number of nitro benzene ring substituents is 1. The summed E-state index contributed by atoms with van der Waals surface area (Å²) in [7, 11) is 2.93. The van der Waals surface area contributed by atoms with E-state index in [1.54, 1.807) is 24.1 Å². The minimum atomic E-state index is -1.09. The number of nitro groups is 1. The highest BCUT2D eigenvalue weighted by molar-refractivity contribution is 5.98. The Kier molecular flexibility index (Phi) is 7.90. The van der Waals surface area contributed by atoms with Gasteiger partial charge < -0.3 is 20.3 Å². The molecule has 2 aromatic rings. The monoisotopic (exact) mass is 469 g/mol. The zero-order valence-electron chi connectivity index (χ0n) is 19.1. The number of non-ortho nitro benzene ring substituents is 1. The first kappa shape index (κ1) is 24.8. The molecule has 2 heterocycles. The summed E-state index contributed by atoms with van der Waals surface area (Å²) in [4.78, 5) is 53.9. The lowest BCUT2D eigenvalue weighted by molar-refractivity contribution is -0.384. The van der Waals surface area contributed by atoms with E-state index in [9.17, 15) is 24.5 Å². The Hall–Kier alpha value is -3.86. The summed E-state index contributed by atoms with van der Waals surface area (Å²) in [6, 6.07) is 9.07. The van der Waals surface area contributed by atoms with Crippen LogP contribution in [0.3, 0.4) is 0 Å². The molecule has 1 aromatic heterocycles. The normalized spacial score (nSPS) is 14.6. The molecule has 0 saturated carbocycles. The maximum absolute atomic E-state index is 13.4. The number of pyridine rings is 1. The van der Waals surface area contributed by atoms with Crippen molar-refractivity contribution in [2.75, 3.05) is 33.8 Å². The highest BCUT2D eigenvalue weighted by atomic mass is 16.6. The van der Waals surface area contributed by atoms with Crippen LogP contribution in [0.5, 0.6) is 0 Å². The number of aromatic nitrogens is 1. The van der Waals surface area contributed by atoms with Crippen LogP contribution in [0.15, 0.2) is 42.6 Å². The summed E-state index contributed by atoms with van der Waals surface area (Å²) >= 11 is 0. The molecule has 2 N–H and O–H groups in total. The number of amides is 2. The number of rotatable bonds is 8. The molecule has 1 aliphatic heterocycles. The predicted octanol–water partition coefficient (Wildman–Crippen LogP) is 1.33. The minimum absolute atomic E-state index is 0.0118. The number of hydrogen-bond donors (Lipinski definition) is 2. The molecule has 0 bridgehead atoms. The molecule has 0 atom stereocenters. The molecule has 34 heavy (non-hydrogen) atoms. The van der Waals surface area contributed by atoms with Gasteiger partial charge in [-0.05, 0) is 50.0 Å². The van der Waals surface area contributed by atoms with Crippen molar-refractivity contribution < 1.29 is 24.0 Å². The van der Waals surface area contributed by atoms with Gasteiger partial charge in [-0.25, -0.2) is 4.79 Å². The second kappa shape index (κ2) is 10.8. The van der Waals surface area contributed by atoms with E-state index in [1.807, 2.05) is 0 Å². The van der Waals surface area contributed by atoms with E-state index < -0.39 is 22.3 Å². The van der Waals surface area contributed by atoms with Crippen LogP contribution in [0.2, 0.25) is 0 Å². The highest BCUT2D eigenvalue weighted by Gasteiger charge is 2.42. The smallest absolute Gasteiger partial charge is 0.339 e. The first-order valence-corrected chi connectivity index (χ1v) is 10.8. The number of esters is 1. The summed E-state index contributed by atoms with van der Waals surface area (Å²) in [6.45, 7) is 1.52. The van der Waals surface area contributed by atoms with Gasteiger partial charge in [0, 0.05) is 31.9 Å². The number of hydrogen-bond acceptors (Lipinski definition) is 8. The molecule has 1 fully saturated rings. The zero-order chi connectivity index (χ0) is 24.7. The lowest BCUT2D eigenvalue weighted by atomic mass is 9.86. The Morgan fingerprint density at radius 3 is 2.41 bits per heavy atom. The Labute approximate surface area is 196 Å². The summed E-state index contributed by atoms with van der Waals surface area (Å²) in [5, 5.41) is 16.9. The molecule has 1 aliphatic rings. The molecule has 1 aromatic carbocycles. The van der Waals surface area contributed by atoms with Gasteiger partial charge in [0.25, 0.3) is 11.6 Å². The maximum atomic E-state index is 13.4. The molecule has 0 spiro atoms. The van der Waals surface area contributed by atoms with E-state index in [0.717, 1.165) is 5.56 Å². The third-order valence-corrected chi connectivity index (χ3v) is 5.87. The summed E-state index contributed by atoms with van der Waals surface area (Å²) in [5.41, 5.74) is 0.0980. The molecule has 2 amide bonds. The van der Waals surface area contributed by atoms with Crippen LogP contribution in [0.25, 0.3) is 0 Å². The molecule has 0 aliphatic carbocycles. The summed E-state index contributed by atoms with van der Waals surface area (Å²) in [6.07, 6.45) is 2.60. The number of ether oxygens (including phenoxy) is 1. The Balaban J connectivity index is 1.69. The van der Waals surface area contributed by atoms with Gasteiger partial charge in [-0.15, -0.1) is 0 Å². The van der Waals surface area contributed by atoms with Crippen LogP contribution in [-0.4, -0.2) is 71.9 Å². The zero-order valence-corrected chi connectivity index (χ0v) is 19.1.